The van der Waals surface area contributed by atoms with E-state index in [2.05, 4.69) is 26.7 Å². The van der Waals surface area contributed by atoms with Crippen LogP contribution in [0.3, 0.4) is 0 Å². The summed E-state index contributed by atoms with van der Waals surface area (Å²) in [5, 5.41) is 0. The minimum Gasteiger partial charge on any atom is -0.497 e. The Labute approximate surface area is 179 Å². The number of anilines is 1. The van der Waals surface area contributed by atoms with Crippen molar-refractivity contribution in [2.45, 2.75) is 18.7 Å². The molecule has 2 aromatic carbocycles. The average molecular weight is 434 g/mol. The second-order valence-electron chi connectivity index (χ2n) is 7.51. The van der Waals surface area contributed by atoms with Gasteiger partial charge in [0.25, 0.3) is 0 Å². The van der Waals surface area contributed by atoms with Crippen LogP contribution in [0.1, 0.15) is 11.1 Å². The summed E-state index contributed by atoms with van der Waals surface area (Å²) in [6.45, 7) is 8.46. The zero-order valence-electron chi connectivity index (χ0n) is 18.1. The largest absolute Gasteiger partial charge is 0.497 e. The summed E-state index contributed by atoms with van der Waals surface area (Å²) < 4.78 is 38.8. The number of aryl methyl sites for hydroxylation is 2. The Kier molecular flexibility index (Phi) is 7.23. The lowest BCUT2D eigenvalue weighted by Crippen LogP contribution is -2.48. The Morgan fingerprint density at radius 3 is 2.17 bits per heavy atom. The highest BCUT2D eigenvalue weighted by Crippen LogP contribution is 2.27. The molecule has 3 rings (SSSR count). The molecule has 8 heteroatoms. The Bertz CT molecular complexity index is 953. The van der Waals surface area contributed by atoms with Gasteiger partial charge in [0.2, 0.25) is 10.0 Å². The van der Waals surface area contributed by atoms with Gasteiger partial charge in [0.1, 0.15) is 16.4 Å². The molecule has 30 heavy (non-hydrogen) atoms. The highest BCUT2D eigenvalue weighted by Gasteiger charge is 2.22. The molecule has 1 fully saturated rings. The highest BCUT2D eigenvalue weighted by molar-refractivity contribution is 7.89. The van der Waals surface area contributed by atoms with E-state index in [0.29, 0.717) is 18.8 Å². The number of methoxy groups -OCH3 is 2. The van der Waals surface area contributed by atoms with Gasteiger partial charge < -0.3 is 14.4 Å². The van der Waals surface area contributed by atoms with E-state index in [1.807, 2.05) is 26.0 Å². The van der Waals surface area contributed by atoms with Gasteiger partial charge in [0, 0.05) is 45.0 Å². The quantitative estimate of drug-likeness (QED) is 0.690. The lowest BCUT2D eigenvalue weighted by atomic mass is 10.1. The van der Waals surface area contributed by atoms with E-state index in [-0.39, 0.29) is 4.90 Å². The zero-order valence-corrected chi connectivity index (χ0v) is 19.0. The Morgan fingerprint density at radius 1 is 0.933 bits per heavy atom. The van der Waals surface area contributed by atoms with Crippen LogP contribution in [-0.2, 0) is 10.0 Å². The van der Waals surface area contributed by atoms with Gasteiger partial charge in [-0.3, -0.25) is 4.90 Å². The number of nitrogens with one attached hydrogen (secondary N) is 1. The first-order chi connectivity index (χ1) is 14.3. The summed E-state index contributed by atoms with van der Waals surface area (Å²) in [6, 6.07) is 11.5. The predicted octanol–water partition coefficient (Wildman–Crippen LogP) is 2.42. The van der Waals surface area contributed by atoms with Crippen LogP contribution in [0.2, 0.25) is 0 Å². The normalized spacial score (nSPS) is 15.3. The van der Waals surface area contributed by atoms with Crippen molar-refractivity contribution in [3.05, 3.63) is 47.5 Å². The molecule has 1 saturated heterocycles. The van der Waals surface area contributed by atoms with Crippen LogP contribution in [0.15, 0.2) is 41.3 Å². The summed E-state index contributed by atoms with van der Waals surface area (Å²) in [6.07, 6.45) is 0. The third-order valence-corrected chi connectivity index (χ3v) is 7.08. The lowest BCUT2D eigenvalue weighted by molar-refractivity contribution is 0.262. The molecule has 1 aliphatic rings. The number of rotatable bonds is 8. The van der Waals surface area contributed by atoms with Gasteiger partial charge in [-0.2, -0.15) is 0 Å². The predicted molar refractivity (Wildman–Crippen MR) is 119 cm³/mol. The molecule has 164 valence electrons. The van der Waals surface area contributed by atoms with Crippen molar-refractivity contribution in [1.82, 2.24) is 9.62 Å². The first-order valence-electron chi connectivity index (χ1n) is 10.1. The third kappa shape index (κ3) is 5.24. The van der Waals surface area contributed by atoms with Crippen molar-refractivity contribution >= 4 is 15.7 Å². The van der Waals surface area contributed by atoms with E-state index in [4.69, 9.17) is 9.47 Å². The number of ether oxygens (including phenoxy) is 2. The molecule has 0 bridgehead atoms. The van der Waals surface area contributed by atoms with Crippen molar-refractivity contribution in [1.29, 1.82) is 0 Å². The molecule has 0 spiro atoms. The van der Waals surface area contributed by atoms with Crippen molar-refractivity contribution in [2.75, 3.05) is 58.4 Å². The molecular weight excluding hydrogens is 402 g/mol. The van der Waals surface area contributed by atoms with Crippen LogP contribution in [0.5, 0.6) is 11.5 Å². The summed E-state index contributed by atoms with van der Waals surface area (Å²) in [4.78, 5) is 4.80. The molecule has 0 atom stereocenters. The van der Waals surface area contributed by atoms with Crippen LogP contribution in [0, 0.1) is 13.8 Å². The van der Waals surface area contributed by atoms with Crippen LogP contribution in [-0.4, -0.2) is 66.8 Å². The smallest absolute Gasteiger partial charge is 0.244 e. The maximum Gasteiger partial charge on any atom is 0.244 e. The molecule has 0 amide bonds. The molecule has 0 unspecified atom stereocenters. The van der Waals surface area contributed by atoms with Gasteiger partial charge in [-0.15, -0.1) is 0 Å². The minimum atomic E-state index is -3.63. The molecule has 0 aromatic heterocycles. The molecule has 2 aromatic rings. The molecular formula is C22H31N3O4S. The fourth-order valence-electron chi connectivity index (χ4n) is 3.57. The van der Waals surface area contributed by atoms with E-state index in [9.17, 15) is 8.42 Å². The minimum absolute atomic E-state index is 0.192. The molecule has 1 N–H and O–H groups in total. The Hall–Kier alpha value is -2.29. The van der Waals surface area contributed by atoms with Gasteiger partial charge in [0.15, 0.2) is 0 Å². The van der Waals surface area contributed by atoms with E-state index < -0.39 is 10.0 Å². The number of nitrogens with zero attached hydrogens (tertiary/aromatic N) is 2. The number of benzene rings is 2. The lowest BCUT2D eigenvalue weighted by Gasteiger charge is -2.36. The number of hydrogen-bond donors (Lipinski definition) is 1. The fraction of sp³-hybridized carbons (Fsp3) is 0.455. The van der Waals surface area contributed by atoms with E-state index in [0.717, 1.165) is 43.1 Å². The van der Waals surface area contributed by atoms with Gasteiger partial charge in [-0.05, 0) is 61.4 Å². The summed E-state index contributed by atoms with van der Waals surface area (Å²) in [5.74, 6) is 1.23. The summed E-state index contributed by atoms with van der Waals surface area (Å²) in [7, 11) is -0.471. The first-order valence-corrected chi connectivity index (χ1v) is 11.6. The van der Waals surface area contributed by atoms with Crippen molar-refractivity contribution in [3.8, 4) is 11.5 Å². The molecule has 0 aliphatic carbocycles. The topological polar surface area (TPSA) is 71.1 Å². The van der Waals surface area contributed by atoms with E-state index in [1.54, 1.807) is 19.2 Å². The third-order valence-electron chi connectivity index (χ3n) is 5.60. The van der Waals surface area contributed by atoms with Crippen molar-refractivity contribution in [3.63, 3.8) is 0 Å². The standard InChI is InChI=1S/C22H31N3O4S/c1-17-15-21(29-4)22(16-18(17)2)30(26,27)23-9-10-24-11-13-25(14-12-24)19-5-7-20(28-3)8-6-19/h5-8,15-16,23H,9-14H2,1-4H3. The molecule has 0 radical (unpaired) electrons. The average Bonchev–Trinajstić information content (AvgIpc) is 2.75. The second kappa shape index (κ2) is 9.68. The van der Waals surface area contributed by atoms with Gasteiger partial charge in [0.05, 0.1) is 14.2 Å². The maximum atomic E-state index is 12.8. The Morgan fingerprint density at radius 2 is 1.57 bits per heavy atom. The van der Waals surface area contributed by atoms with Crippen molar-refractivity contribution < 1.29 is 17.9 Å². The highest BCUT2D eigenvalue weighted by atomic mass is 32.2. The second-order valence-corrected chi connectivity index (χ2v) is 9.25. The molecule has 1 heterocycles. The zero-order chi connectivity index (χ0) is 21.7. The van der Waals surface area contributed by atoms with Crippen LogP contribution >= 0.6 is 0 Å². The van der Waals surface area contributed by atoms with Crippen molar-refractivity contribution in [2.24, 2.45) is 0 Å². The van der Waals surface area contributed by atoms with Gasteiger partial charge in [-0.25, -0.2) is 13.1 Å². The van der Waals surface area contributed by atoms with Crippen LogP contribution in [0.25, 0.3) is 0 Å². The fourth-order valence-corrected chi connectivity index (χ4v) is 4.83. The van der Waals surface area contributed by atoms with E-state index in [1.165, 1.54) is 12.8 Å². The maximum absolute atomic E-state index is 12.8. The Balaban J connectivity index is 1.52. The summed E-state index contributed by atoms with van der Waals surface area (Å²) >= 11 is 0. The number of hydrogen-bond acceptors (Lipinski definition) is 6. The molecule has 1 aliphatic heterocycles. The van der Waals surface area contributed by atoms with Gasteiger partial charge >= 0.3 is 0 Å². The first kappa shape index (κ1) is 22.4. The summed E-state index contributed by atoms with van der Waals surface area (Å²) in [5.41, 5.74) is 3.10. The SMILES string of the molecule is COc1ccc(N2CCN(CCNS(=O)(=O)c3cc(C)c(C)cc3OC)CC2)cc1. The van der Waals surface area contributed by atoms with Gasteiger partial charge in [-0.1, -0.05) is 0 Å². The monoisotopic (exact) mass is 433 g/mol. The van der Waals surface area contributed by atoms with E-state index >= 15 is 0 Å². The van der Waals surface area contributed by atoms with Crippen LogP contribution < -0.4 is 19.1 Å². The molecule has 0 saturated carbocycles. The van der Waals surface area contributed by atoms with Crippen LogP contribution in [0.4, 0.5) is 5.69 Å². The number of sulfonamides is 1. The molecule has 7 nitrogen and oxygen atoms in total. The number of piperazine rings is 1.